The maximum Gasteiger partial charge on any atom is 0.135 e. The molecule has 0 saturated heterocycles. The summed E-state index contributed by atoms with van der Waals surface area (Å²) in [6.07, 6.45) is 1.86. The van der Waals surface area contributed by atoms with Crippen molar-refractivity contribution in [3.8, 4) is 0 Å². The minimum Gasteiger partial charge on any atom is -0.383 e. The molecular formula is C14H19N3S. The zero-order chi connectivity index (χ0) is 13.1. The van der Waals surface area contributed by atoms with Crippen molar-refractivity contribution in [3.05, 3.63) is 41.6 Å². The van der Waals surface area contributed by atoms with Crippen LogP contribution in [0.2, 0.25) is 0 Å². The van der Waals surface area contributed by atoms with E-state index in [-0.39, 0.29) is 0 Å². The number of nitrogen functional groups attached to an aromatic ring is 1. The van der Waals surface area contributed by atoms with Gasteiger partial charge in [-0.3, -0.25) is 0 Å². The fraction of sp³-hybridized carbons (Fsp3) is 0.357. The van der Waals surface area contributed by atoms with Crippen LogP contribution in [0.3, 0.4) is 0 Å². The summed E-state index contributed by atoms with van der Waals surface area (Å²) < 4.78 is 1.86. The number of thioether (sulfide) groups is 1. The smallest absolute Gasteiger partial charge is 0.135 e. The summed E-state index contributed by atoms with van der Waals surface area (Å²) in [4.78, 5) is 1.07. The molecule has 96 valence electrons. The molecular weight excluding hydrogens is 242 g/mol. The third kappa shape index (κ3) is 3.07. The molecule has 2 aromatic rings. The van der Waals surface area contributed by atoms with E-state index in [1.165, 1.54) is 11.1 Å². The second kappa shape index (κ2) is 5.48. The molecule has 1 aromatic heterocycles. The molecule has 2 N–H and O–H groups in total. The van der Waals surface area contributed by atoms with Crippen molar-refractivity contribution in [1.82, 2.24) is 9.78 Å². The molecule has 0 amide bonds. The van der Waals surface area contributed by atoms with Crippen molar-refractivity contribution >= 4 is 17.6 Å². The van der Waals surface area contributed by atoms with Crippen LogP contribution in [-0.2, 0) is 6.54 Å². The Hall–Kier alpha value is -1.42. The predicted molar refractivity (Wildman–Crippen MR) is 77.9 cm³/mol. The quantitative estimate of drug-likeness (QED) is 0.859. The van der Waals surface area contributed by atoms with Crippen molar-refractivity contribution in [2.24, 2.45) is 0 Å². The molecule has 0 aliphatic rings. The Morgan fingerprint density at radius 2 is 1.94 bits per heavy atom. The number of hydrogen-bond acceptors (Lipinski definition) is 3. The number of aromatic nitrogens is 2. The highest BCUT2D eigenvalue weighted by molar-refractivity contribution is 8.00. The summed E-state index contributed by atoms with van der Waals surface area (Å²) in [5.74, 6) is 0.759. The van der Waals surface area contributed by atoms with Gasteiger partial charge in [-0.05, 0) is 12.5 Å². The molecule has 3 nitrogen and oxygen atoms in total. The highest BCUT2D eigenvalue weighted by atomic mass is 32.2. The number of rotatable bonds is 4. The van der Waals surface area contributed by atoms with Crippen LogP contribution in [-0.4, -0.2) is 15.0 Å². The van der Waals surface area contributed by atoms with Gasteiger partial charge in [-0.1, -0.05) is 43.7 Å². The zero-order valence-corrected chi connectivity index (χ0v) is 11.9. The largest absolute Gasteiger partial charge is 0.383 e. The van der Waals surface area contributed by atoms with Gasteiger partial charge in [-0.2, -0.15) is 5.10 Å². The normalized spacial score (nSPS) is 11.1. The van der Waals surface area contributed by atoms with E-state index in [0.717, 1.165) is 17.3 Å². The topological polar surface area (TPSA) is 43.8 Å². The summed E-state index contributed by atoms with van der Waals surface area (Å²) in [6.45, 7) is 7.12. The molecule has 0 unspecified atom stereocenters. The average Bonchev–Trinajstić information content (AvgIpc) is 2.64. The van der Waals surface area contributed by atoms with Crippen molar-refractivity contribution < 1.29 is 0 Å². The molecule has 18 heavy (non-hydrogen) atoms. The third-order valence-electron chi connectivity index (χ3n) is 2.66. The van der Waals surface area contributed by atoms with Gasteiger partial charge in [0, 0.05) is 5.25 Å². The Bertz CT molecular complexity index is 514. The summed E-state index contributed by atoms with van der Waals surface area (Å²) in [6, 6.07) is 8.45. The Balaban J connectivity index is 2.14. The fourth-order valence-electron chi connectivity index (χ4n) is 1.71. The van der Waals surface area contributed by atoms with Gasteiger partial charge < -0.3 is 5.73 Å². The number of anilines is 1. The van der Waals surface area contributed by atoms with Crippen LogP contribution < -0.4 is 5.73 Å². The maximum absolute atomic E-state index is 6.11. The Morgan fingerprint density at radius 1 is 1.28 bits per heavy atom. The Labute approximate surface area is 112 Å². The van der Waals surface area contributed by atoms with Crippen molar-refractivity contribution in [2.75, 3.05) is 5.73 Å². The first-order valence-electron chi connectivity index (χ1n) is 6.09. The number of nitrogens with two attached hydrogens (primary N) is 1. The third-order valence-corrected chi connectivity index (χ3v) is 3.70. The lowest BCUT2D eigenvalue weighted by atomic mass is 10.1. The number of aryl methyl sites for hydroxylation is 1. The first-order chi connectivity index (χ1) is 8.56. The first kappa shape index (κ1) is 13.0. The van der Waals surface area contributed by atoms with Crippen LogP contribution in [0, 0.1) is 6.92 Å². The van der Waals surface area contributed by atoms with E-state index in [4.69, 9.17) is 5.73 Å². The monoisotopic (exact) mass is 261 g/mol. The van der Waals surface area contributed by atoms with E-state index in [1.54, 1.807) is 11.8 Å². The molecule has 0 radical (unpaired) electrons. The van der Waals surface area contributed by atoms with Crippen LogP contribution in [0.4, 0.5) is 5.82 Å². The summed E-state index contributed by atoms with van der Waals surface area (Å²) in [5, 5.41) is 4.88. The van der Waals surface area contributed by atoms with E-state index in [9.17, 15) is 0 Å². The van der Waals surface area contributed by atoms with Gasteiger partial charge in [-0.15, -0.1) is 11.8 Å². The van der Waals surface area contributed by atoms with E-state index in [0.29, 0.717) is 5.25 Å². The number of nitrogens with zero attached hydrogens (tertiary/aromatic N) is 2. The van der Waals surface area contributed by atoms with E-state index in [1.807, 2.05) is 10.9 Å². The zero-order valence-electron chi connectivity index (χ0n) is 11.1. The molecule has 0 aliphatic heterocycles. The fourth-order valence-corrected chi connectivity index (χ4v) is 2.56. The van der Waals surface area contributed by atoms with Crippen molar-refractivity contribution in [2.45, 2.75) is 37.5 Å². The van der Waals surface area contributed by atoms with Gasteiger partial charge in [0.05, 0.1) is 17.6 Å². The molecule has 0 spiro atoms. The lowest BCUT2D eigenvalue weighted by molar-refractivity contribution is 0.696. The minimum atomic E-state index is 0.518. The summed E-state index contributed by atoms with van der Waals surface area (Å²) in [5.41, 5.74) is 8.59. The number of hydrogen-bond donors (Lipinski definition) is 1. The van der Waals surface area contributed by atoms with Crippen LogP contribution in [0.5, 0.6) is 0 Å². The standard InChI is InChI=1S/C14H19N3S/c1-10(2)18-13-8-16-17(14(13)15)9-12-6-4-11(3)5-7-12/h4-8,10H,9,15H2,1-3H3. The number of benzene rings is 1. The van der Waals surface area contributed by atoms with Crippen molar-refractivity contribution in [3.63, 3.8) is 0 Å². The van der Waals surface area contributed by atoms with Gasteiger partial charge in [0.15, 0.2) is 0 Å². The summed E-state index contributed by atoms with van der Waals surface area (Å²) in [7, 11) is 0. The van der Waals surface area contributed by atoms with Crippen LogP contribution >= 0.6 is 11.8 Å². The second-order valence-corrected chi connectivity index (χ2v) is 6.32. The van der Waals surface area contributed by atoms with Crippen molar-refractivity contribution in [1.29, 1.82) is 0 Å². The first-order valence-corrected chi connectivity index (χ1v) is 6.97. The van der Waals surface area contributed by atoms with Gasteiger partial charge in [-0.25, -0.2) is 4.68 Å². The van der Waals surface area contributed by atoms with Gasteiger partial charge in [0.25, 0.3) is 0 Å². The van der Waals surface area contributed by atoms with Gasteiger partial charge >= 0.3 is 0 Å². The molecule has 0 bridgehead atoms. The lowest BCUT2D eigenvalue weighted by Gasteiger charge is -2.07. The second-order valence-electron chi connectivity index (χ2n) is 4.70. The van der Waals surface area contributed by atoms with E-state index >= 15 is 0 Å². The van der Waals surface area contributed by atoms with E-state index in [2.05, 4.69) is 50.1 Å². The summed E-state index contributed by atoms with van der Waals surface area (Å²) >= 11 is 1.75. The minimum absolute atomic E-state index is 0.518. The van der Waals surface area contributed by atoms with Gasteiger partial charge in [0.1, 0.15) is 5.82 Å². The Morgan fingerprint density at radius 3 is 2.56 bits per heavy atom. The molecule has 0 saturated carbocycles. The molecule has 0 atom stereocenters. The molecule has 1 aromatic carbocycles. The molecule has 2 rings (SSSR count). The van der Waals surface area contributed by atoms with Gasteiger partial charge in [0.2, 0.25) is 0 Å². The molecule has 0 fully saturated rings. The lowest BCUT2D eigenvalue weighted by Crippen LogP contribution is -2.06. The molecule has 0 aliphatic carbocycles. The Kier molecular flexibility index (Phi) is 3.97. The predicted octanol–water partition coefficient (Wildman–Crippen LogP) is 3.32. The van der Waals surface area contributed by atoms with E-state index < -0.39 is 0 Å². The molecule has 1 heterocycles. The average molecular weight is 261 g/mol. The SMILES string of the molecule is Cc1ccc(Cn2ncc(SC(C)C)c2N)cc1. The highest BCUT2D eigenvalue weighted by Gasteiger charge is 2.09. The van der Waals surface area contributed by atoms with Crippen LogP contribution in [0.1, 0.15) is 25.0 Å². The highest BCUT2D eigenvalue weighted by Crippen LogP contribution is 2.28. The van der Waals surface area contributed by atoms with Crippen LogP contribution in [0.15, 0.2) is 35.4 Å². The van der Waals surface area contributed by atoms with Crippen LogP contribution in [0.25, 0.3) is 0 Å². The maximum atomic E-state index is 6.11. The molecule has 4 heteroatoms.